The van der Waals surface area contributed by atoms with Gasteiger partial charge in [0.2, 0.25) is 0 Å². The van der Waals surface area contributed by atoms with Gasteiger partial charge in [-0.2, -0.15) is 0 Å². The summed E-state index contributed by atoms with van der Waals surface area (Å²) >= 11 is 0. The average Bonchev–Trinajstić information content (AvgIpc) is 2.31. The van der Waals surface area contributed by atoms with Gasteiger partial charge in [-0.25, -0.2) is 0 Å². The van der Waals surface area contributed by atoms with Gasteiger partial charge in [0.05, 0.1) is 12.2 Å². The molecule has 16 heavy (non-hydrogen) atoms. The number of hydrogen-bond donors (Lipinski definition) is 1. The molecule has 1 fully saturated rings. The number of para-hydroxylation sites is 1. The quantitative estimate of drug-likeness (QED) is 0.847. The van der Waals surface area contributed by atoms with E-state index in [-0.39, 0.29) is 0 Å². The van der Waals surface area contributed by atoms with E-state index in [0.717, 1.165) is 37.0 Å². The van der Waals surface area contributed by atoms with Crippen molar-refractivity contribution < 1.29 is 9.84 Å². The van der Waals surface area contributed by atoms with Crippen molar-refractivity contribution in [2.24, 2.45) is 0 Å². The largest absolute Gasteiger partial charge is 0.493 e. The molecule has 1 saturated carbocycles. The zero-order chi connectivity index (χ0) is 11.4. The van der Waals surface area contributed by atoms with Gasteiger partial charge in [-0.3, -0.25) is 0 Å². The molecule has 88 valence electrons. The van der Waals surface area contributed by atoms with Crippen molar-refractivity contribution >= 4 is 0 Å². The fourth-order valence-electron chi connectivity index (χ4n) is 2.54. The van der Waals surface area contributed by atoms with Crippen LogP contribution in [0.5, 0.6) is 5.75 Å². The molecular weight excluding hydrogens is 200 g/mol. The SMILES string of the molecule is CCOc1ccccc1C1(O)CCCCC1. The minimum absolute atomic E-state index is 0.646. The third kappa shape index (κ3) is 2.22. The first-order valence-corrected chi connectivity index (χ1v) is 6.21. The van der Waals surface area contributed by atoms with E-state index >= 15 is 0 Å². The Bertz CT molecular complexity index is 340. The van der Waals surface area contributed by atoms with E-state index in [1.807, 2.05) is 31.2 Å². The Labute approximate surface area is 97.3 Å². The van der Waals surface area contributed by atoms with E-state index < -0.39 is 5.60 Å². The lowest BCUT2D eigenvalue weighted by Gasteiger charge is -2.33. The van der Waals surface area contributed by atoms with Crippen LogP contribution in [0, 0.1) is 0 Å². The fraction of sp³-hybridized carbons (Fsp3) is 0.571. The van der Waals surface area contributed by atoms with Gasteiger partial charge < -0.3 is 9.84 Å². The molecule has 0 bridgehead atoms. The maximum absolute atomic E-state index is 10.7. The van der Waals surface area contributed by atoms with Crippen LogP contribution in [0.1, 0.15) is 44.6 Å². The molecule has 1 aromatic carbocycles. The minimum Gasteiger partial charge on any atom is -0.493 e. The Morgan fingerprint density at radius 1 is 1.19 bits per heavy atom. The second kappa shape index (κ2) is 4.88. The second-order valence-electron chi connectivity index (χ2n) is 4.52. The molecule has 0 amide bonds. The zero-order valence-corrected chi connectivity index (χ0v) is 9.91. The Morgan fingerprint density at radius 3 is 2.56 bits per heavy atom. The third-order valence-electron chi connectivity index (χ3n) is 3.37. The van der Waals surface area contributed by atoms with Crippen molar-refractivity contribution in [2.45, 2.75) is 44.6 Å². The molecule has 1 aliphatic rings. The van der Waals surface area contributed by atoms with Crippen LogP contribution >= 0.6 is 0 Å². The summed E-state index contributed by atoms with van der Waals surface area (Å²) in [7, 11) is 0. The van der Waals surface area contributed by atoms with E-state index in [9.17, 15) is 5.11 Å². The number of hydrogen-bond acceptors (Lipinski definition) is 2. The van der Waals surface area contributed by atoms with Crippen LogP contribution in [0.3, 0.4) is 0 Å². The molecule has 0 aliphatic heterocycles. The van der Waals surface area contributed by atoms with Crippen molar-refractivity contribution in [1.29, 1.82) is 0 Å². The van der Waals surface area contributed by atoms with Gasteiger partial charge in [-0.05, 0) is 25.8 Å². The number of rotatable bonds is 3. The molecule has 0 atom stereocenters. The number of ether oxygens (including phenoxy) is 1. The summed E-state index contributed by atoms with van der Waals surface area (Å²) < 4.78 is 5.60. The lowest BCUT2D eigenvalue weighted by molar-refractivity contribution is -0.00292. The fourth-order valence-corrected chi connectivity index (χ4v) is 2.54. The highest BCUT2D eigenvalue weighted by Crippen LogP contribution is 2.40. The normalized spacial score (nSPS) is 19.4. The van der Waals surface area contributed by atoms with Crippen molar-refractivity contribution in [2.75, 3.05) is 6.61 Å². The summed E-state index contributed by atoms with van der Waals surface area (Å²) in [5.41, 5.74) is 0.306. The molecular formula is C14H20O2. The standard InChI is InChI=1S/C14H20O2/c1-2-16-13-9-5-4-8-12(13)14(15)10-6-3-7-11-14/h4-5,8-9,15H,2-3,6-7,10-11H2,1H3. The van der Waals surface area contributed by atoms with Crippen LogP contribution in [0.4, 0.5) is 0 Å². The first-order chi connectivity index (χ1) is 7.76. The molecule has 2 heteroatoms. The maximum Gasteiger partial charge on any atom is 0.125 e. The zero-order valence-electron chi connectivity index (χ0n) is 9.91. The van der Waals surface area contributed by atoms with Crippen LogP contribution in [0.2, 0.25) is 0 Å². The van der Waals surface area contributed by atoms with Crippen LogP contribution in [-0.4, -0.2) is 11.7 Å². The number of aliphatic hydroxyl groups is 1. The third-order valence-corrected chi connectivity index (χ3v) is 3.37. The molecule has 1 aromatic rings. The molecule has 0 radical (unpaired) electrons. The Hall–Kier alpha value is -1.02. The van der Waals surface area contributed by atoms with Gasteiger partial charge in [0, 0.05) is 5.56 Å². The molecule has 2 nitrogen and oxygen atoms in total. The van der Waals surface area contributed by atoms with Crippen molar-refractivity contribution in [1.82, 2.24) is 0 Å². The van der Waals surface area contributed by atoms with E-state index in [0.29, 0.717) is 6.61 Å². The average molecular weight is 220 g/mol. The van der Waals surface area contributed by atoms with Gasteiger partial charge in [0.25, 0.3) is 0 Å². The summed E-state index contributed by atoms with van der Waals surface area (Å²) in [6, 6.07) is 7.88. The van der Waals surface area contributed by atoms with Gasteiger partial charge in [0.15, 0.2) is 0 Å². The molecule has 0 unspecified atom stereocenters. The lowest BCUT2D eigenvalue weighted by atomic mass is 9.79. The van der Waals surface area contributed by atoms with Crippen molar-refractivity contribution in [3.05, 3.63) is 29.8 Å². The van der Waals surface area contributed by atoms with Crippen molar-refractivity contribution in [3.63, 3.8) is 0 Å². The predicted molar refractivity (Wildman–Crippen MR) is 64.6 cm³/mol. The highest BCUT2D eigenvalue weighted by Gasteiger charge is 2.33. The minimum atomic E-state index is -0.663. The molecule has 2 rings (SSSR count). The summed E-state index contributed by atoms with van der Waals surface area (Å²) in [6.45, 7) is 2.62. The highest BCUT2D eigenvalue weighted by molar-refractivity contribution is 5.38. The molecule has 0 spiro atoms. The molecule has 0 saturated heterocycles. The van der Waals surface area contributed by atoms with Crippen molar-refractivity contribution in [3.8, 4) is 5.75 Å². The Morgan fingerprint density at radius 2 is 1.88 bits per heavy atom. The van der Waals surface area contributed by atoms with Gasteiger partial charge in [0.1, 0.15) is 5.75 Å². The van der Waals surface area contributed by atoms with Gasteiger partial charge >= 0.3 is 0 Å². The Kier molecular flexibility index (Phi) is 3.49. The summed E-state index contributed by atoms with van der Waals surface area (Å²) in [6.07, 6.45) is 5.17. The van der Waals surface area contributed by atoms with Crippen LogP contribution < -0.4 is 4.74 Å². The first kappa shape index (κ1) is 11.5. The van der Waals surface area contributed by atoms with Crippen LogP contribution in [0.15, 0.2) is 24.3 Å². The van der Waals surface area contributed by atoms with E-state index in [1.165, 1.54) is 6.42 Å². The number of benzene rings is 1. The maximum atomic E-state index is 10.7. The van der Waals surface area contributed by atoms with Crippen LogP contribution in [0.25, 0.3) is 0 Å². The smallest absolute Gasteiger partial charge is 0.125 e. The van der Waals surface area contributed by atoms with Crippen LogP contribution in [-0.2, 0) is 5.60 Å². The lowest BCUT2D eigenvalue weighted by Crippen LogP contribution is -2.29. The second-order valence-corrected chi connectivity index (χ2v) is 4.52. The van der Waals surface area contributed by atoms with E-state index in [2.05, 4.69) is 0 Å². The van der Waals surface area contributed by atoms with E-state index in [4.69, 9.17) is 4.74 Å². The summed E-state index contributed by atoms with van der Waals surface area (Å²) in [4.78, 5) is 0. The predicted octanol–water partition coefficient (Wildman–Crippen LogP) is 3.24. The highest BCUT2D eigenvalue weighted by atomic mass is 16.5. The molecule has 0 heterocycles. The van der Waals surface area contributed by atoms with Gasteiger partial charge in [-0.1, -0.05) is 37.5 Å². The topological polar surface area (TPSA) is 29.5 Å². The monoisotopic (exact) mass is 220 g/mol. The Balaban J connectivity index is 2.30. The first-order valence-electron chi connectivity index (χ1n) is 6.21. The summed E-state index contributed by atoms with van der Waals surface area (Å²) in [5, 5.41) is 10.7. The van der Waals surface area contributed by atoms with E-state index in [1.54, 1.807) is 0 Å². The van der Waals surface area contributed by atoms with Gasteiger partial charge in [-0.15, -0.1) is 0 Å². The summed E-state index contributed by atoms with van der Waals surface area (Å²) in [5.74, 6) is 0.842. The molecule has 1 aliphatic carbocycles. The molecule has 1 N–H and O–H groups in total. The molecule has 0 aromatic heterocycles.